The summed E-state index contributed by atoms with van der Waals surface area (Å²) in [5.74, 6) is 0.199. The van der Waals surface area contributed by atoms with Crippen LogP contribution in [0, 0.1) is 5.92 Å². The highest BCUT2D eigenvalue weighted by Crippen LogP contribution is 2.17. The molecule has 0 radical (unpaired) electrons. The van der Waals surface area contributed by atoms with Gasteiger partial charge in [-0.2, -0.15) is 0 Å². The Hall–Kier alpha value is -1.46. The number of rotatable bonds is 2. The molecule has 1 heterocycles. The summed E-state index contributed by atoms with van der Waals surface area (Å²) in [7, 11) is 1.77. The summed E-state index contributed by atoms with van der Waals surface area (Å²) in [5, 5.41) is 11.6. The van der Waals surface area contributed by atoms with Crippen molar-refractivity contribution in [1.82, 2.24) is 9.80 Å². The van der Waals surface area contributed by atoms with Crippen LogP contribution in [0.5, 0.6) is 0 Å². The maximum atomic E-state index is 11.9. The van der Waals surface area contributed by atoms with Crippen LogP contribution in [0.3, 0.4) is 0 Å². The number of oxime groups is 1. The Labute approximate surface area is 95.7 Å². The van der Waals surface area contributed by atoms with Gasteiger partial charge in [-0.25, -0.2) is 4.79 Å². The molecule has 1 saturated heterocycles. The van der Waals surface area contributed by atoms with Gasteiger partial charge in [0.15, 0.2) is 0 Å². The molecule has 0 saturated carbocycles. The molecule has 6 heteroatoms. The molecule has 1 aliphatic heterocycles. The molecule has 16 heavy (non-hydrogen) atoms. The van der Waals surface area contributed by atoms with Gasteiger partial charge in [-0.05, 0) is 19.8 Å². The van der Waals surface area contributed by atoms with Crippen molar-refractivity contribution in [3.8, 4) is 0 Å². The minimum atomic E-state index is -0.0204. The van der Waals surface area contributed by atoms with E-state index in [2.05, 4.69) is 5.16 Å². The highest BCUT2D eigenvalue weighted by atomic mass is 16.4. The van der Waals surface area contributed by atoms with Crippen LogP contribution in [-0.2, 0) is 0 Å². The number of carbonyl (C=O) groups excluding carboxylic acids is 1. The molecule has 2 amide bonds. The normalized spacial score (nSPS) is 22.0. The molecule has 0 bridgehead atoms. The van der Waals surface area contributed by atoms with E-state index in [-0.39, 0.29) is 17.8 Å². The summed E-state index contributed by atoms with van der Waals surface area (Å²) >= 11 is 0. The highest BCUT2D eigenvalue weighted by Gasteiger charge is 2.27. The standard InChI is InChI=1S/C10H20N4O2/c1-3-13(2)10(15)14-6-4-5-8(7-14)9(11)12-16/h8,16H,3-7H2,1-2H3,(H2,11,12). The molecule has 1 atom stereocenters. The molecule has 0 aromatic rings. The summed E-state index contributed by atoms with van der Waals surface area (Å²) in [6, 6.07) is 0.0120. The minimum Gasteiger partial charge on any atom is -0.409 e. The van der Waals surface area contributed by atoms with Gasteiger partial charge >= 0.3 is 6.03 Å². The fourth-order valence-corrected chi connectivity index (χ4v) is 1.85. The van der Waals surface area contributed by atoms with Gasteiger partial charge in [-0.1, -0.05) is 5.16 Å². The molecule has 0 spiro atoms. The van der Waals surface area contributed by atoms with E-state index in [1.807, 2.05) is 6.92 Å². The van der Waals surface area contributed by atoms with E-state index in [1.165, 1.54) is 0 Å². The first-order valence-corrected chi connectivity index (χ1v) is 5.57. The number of hydrogen-bond donors (Lipinski definition) is 2. The third-order valence-corrected chi connectivity index (χ3v) is 3.03. The average molecular weight is 228 g/mol. The molecule has 0 aromatic carbocycles. The van der Waals surface area contributed by atoms with E-state index in [0.717, 1.165) is 19.4 Å². The van der Waals surface area contributed by atoms with Gasteiger partial charge in [-0.3, -0.25) is 0 Å². The van der Waals surface area contributed by atoms with Crippen molar-refractivity contribution >= 4 is 11.9 Å². The van der Waals surface area contributed by atoms with E-state index in [9.17, 15) is 4.79 Å². The fourth-order valence-electron chi connectivity index (χ4n) is 1.85. The molecule has 0 aromatic heterocycles. The molecular formula is C10H20N4O2. The Bertz CT molecular complexity index is 280. The van der Waals surface area contributed by atoms with E-state index >= 15 is 0 Å². The summed E-state index contributed by atoms with van der Waals surface area (Å²) < 4.78 is 0. The summed E-state index contributed by atoms with van der Waals surface area (Å²) in [6.07, 6.45) is 1.76. The highest BCUT2D eigenvalue weighted by molar-refractivity contribution is 5.83. The van der Waals surface area contributed by atoms with Gasteiger partial charge in [0.05, 0.1) is 0 Å². The predicted octanol–water partition coefficient (Wildman–Crippen LogP) is 0.516. The zero-order valence-corrected chi connectivity index (χ0v) is 9.89. The quantitative estimate of drug-likeness (QED) is 0.313. The molecular weight excluding hydrogens is 208 g/mol. The number of nitrogens with zero attached hydrogens (tertiary/aromatic N) is 3. The van der Waals surface area contributed by atoms with E-state index in [4.69, 9.17) is 10.9 Å². The molecule has 0 aliphatic carbocycles. The average Bonchev–Trinajstić information content (AvgIpc) is 2.36. The van der Waals surface area contributed by atoms with Crippen molar-refractivity contribution in [3.63, 3.8) is 0 Å². The van der Waals surface area contributed by atoms with Crippen LogP contribution in [0.4, 0.5) is 4.79 Å². The van der Waals surface area contributed by atoms with Crippen LogP contribution < -0.4 is 5.73 Å². The number of carbonyl (C=O) groups is 1. The lowest BCUT2D eigenvalue weighted by atomic mass is 9.97. The Balaban J connectivity index is 2.60. The Kier molecular flexibility index (Phi) is 4.39. The lowest BCUT2D eigenvalue weighted by Gasteiger charge is -2.34. The third-order valence-electron chi connectivity index (χ3n) is 3.03. The zero-order valence-electron chi connectivity index (χ0n) is 9.89. The van der Waals surface area contributed by atoms with Gasteiger partial charge in [0.2, 0.25) is 0 Å². The van der Waals surface area contributed by atoms with E-state index in [1.54, 1.807) is 16.8 Å². The topological polar surface area (TPSA) is 82.2 Å². The Morgan fingerprint density at radius 1 is 1.69 bits per heavy atom. The first-order chi connectivity index (χ1) is 7.60. The molecule has 1 aliphatic rings. The molecule has 1 rings (SSSR count). The third kappa shape index (κ3) is 2.77. The fraction of sp³-hybridized carbons (Fsp3) is 0.800. The lowest BCUT2D eigenvalue weighted by Crippen LogP contribution is -2.48. The predicted molar refractivity (Wildman–Crippen MR) is 61.4 cm³/mol. The smallest absolute Gasteiger partial charge is 0.319 e. The Morgan fingerprint density at radius 3 is 2.94 bits per heavy atom. The van der Waals surface area contributed by atoms with Gasteiger partial charge in [0, 0.05) is 32.6 Å². The van der Waals surface area contributed by atoms with Crippen molar-refractivity contribution in [2.45, 2.75) is 19.8 Å². The van der Waals surface area contributed by atoms with Crippen molar-refractivity contribution in [2.75, 3.05) is 26.7 Å². The maximum Gasteiger partial charge on any atom is 0.319 e. The largest absolute Gasteiger partial charge is 0.409 e. The lowest BCUT2D eigenvalue weighted by molar-refractivity contribution is 0.147. The Morgan fingerprint density at radius 2 is 2.38 bits per heavy atom. The number of amides is 2. The second-order valence-corrected chi connectivity index (χ2v) is 4.11. The molecule has 1 unspecified atom stereocenters. The number of piperidine rings is 1. The second kappa shape index (κ2) is 5.58. The molecule has 6 nitrogen and oxygen atoms in total. The molecule has 92 valence electrons. The van der Waals surface area contributed by atoms with E-state index < -0.39 is 0 Å². The SMILES string of the molecule is CCN(C)C(=O)N1CCCC(C(N)=NO)C1. The van der Waals surface area contributed by atoms with Gasteiger partial charge in [0.25, 0.3) is 0 Å². The van der Waals surface area contributed by atoms with Gasteiger partial charge in [-0.15, -0.1) is 0 Å². The number of urea groups is 1. The number of nitrogens with two attached hydrogens (primary N) is 1. The number of hydrogen-bond acceptors (Lipinski definition) is 3. The van der Waals surface area contributed by atoms with Crippen LogP contribution in [0.15, 0.2) is 5.16 Å². The zero-order chi connectivity index (χ0) is 12.1. The number of likely N-dealkylation sites (tertiary alicyclic amines) is 1. The van der Waals surface area contributed by atoms with Crippen molar-refractivity contribution in [3.05, 3.63) is 0 Å². The summed E-state index contributed by atoms with van der Waals surface area (Å²) in [6.45, 7) is 3.91. The first-order valence-electron chi connectivity index (χ1n) is 5.57. The minimum absolute atomic E-state index is 0.0120. The van der Waals surface area contributed by atoms with Crippen LogP contribution in [-0.4, -0.2) is 53.6 Å². The molecule has 1 fully saturated rings. The van der Waals surface area contributed by atoms with Gasteiger partial charge in [0.1, 0.15) is 5.84 Å². The summed E-state index contributed by atoms with van der Waals surface area (Å²) in [5.41, 5.74) is 5.57. The summed E-state index contributed by atoms with van der Waals surface area (Å²) in [4.78, 5) is 15.3. The van der Waals surface area contributed by atoms with Crippen molar-refractivity contribution in [1.29, 1.82) is 0 Å². The van der Waals surface area contributed by atoms with Crippen LogP contribution in [0.1, 0.15) is 19.8 Å². The second-order valence-electron chi connectivity index (χ2n) is 4.11. The maximum absolute atomic E-state index is 11.9. The van der Waals surface area contributed by atoms with Crippen LogP contribution >= 0.6 is 0 Å². The van der Waals surface area contributed by atoms with Crippen LogP contribution in [0.25, 0.3) is 0 Å². The number of amidine groups is 1. The molecule has 3 N–H and O–H groups in total. The van der Waals surface area contributed by atoms with E-state index in [0.29, 0.717) is 13.1 Å². The van der Waals surface area contributed by atoms with Crippen molar-refractivity contribution in [2.24, 2.45) is 16.8 Å². The van der Waals surface area contributed by atoms with Gasteiger partial charge < -0.3 is 20.7 Å². The first kappa shape index (κ1) is 12.6. The van der Waals surface area contributed by atoms with Crippen molar-refractivity contribution < 1.29 is 10.0 Å². The monoisotopic (exact) mass is 228 g/mol. The van der Waals surface area contributed by atoms with Crippen LogP contribution in [0.2, 0.25) is 0 Å².